The second kappa shape index (κ2) is 5.31. The smallest absolute Gasteiger partial charge is 0.120 e. The van der Waals surface area contributed by atoms with Crippen molar-refractivity contribution in [1.82, 2.24) is 0 Å². The number of rotatable bonds is 4. The molecule has 1 heterocycles. The Bertz CT molecular complexity index is 128. The van der Waals surface area contributed by atoms with Crippen molar-refractivity contribution in [2.24, 2.45) is 5.92 Å². The molecule has 2 atom stereocenters. The second-order valence-electron chi connectivity index (χ2n) is 3.63. The van der Waals surface area contributed by atoms with E-state index >= 15 is 0 Å². The van der Waals surface area contributed by atoms with E-state index in [1.54, 1.807) is 0 Å². The van der Waals surface area contributed by atoms with E-state index in [-0.39, 0.29) is 0 Å². The largest absolute Gasteiger partial charge is 0.378 e. The van der Waals surface area contributed by atoms with E-state index in [2.05, 4.69) is 6.92 Å². The lowest BCUT2D eigenvalue weighted by molar-refractivity contribution is -0.108. The molecular weight excluding hydrogens is 152 g/mol. The summed E-state index contributed by atoms with van der Waals surface area (Å²) in [6.07, 6.45) is 6.75. The molecule has 70 valence electrons. The standard InChI is InChI=1S/C10H18O2/c1-9(5-4-7-11)10-6-2-3-8-12-10/h7,9-10H,2-6,8H2,1H3. The Hall–Kier alpha value is -0.370. The topological polar surface area (TPSA) is 26.3 Å². The van der Waals surface area contributed by atoms with Gasteiger partial charge in [-0.15, -0.1) is 0 Å². The van der Waals surface area contributed by atoms with Gasteiger partial charge in [-0.25, -0.2) is 0 Å². The van der Waals surface area contributed by atoms with Crippen molar-refractivity contribution in [2.45, 2.75) is 45.1 Å². The van der Waals surface area contributed by atoms with Crippen molar-refractivity contribution in [3.05, 3.63) is 0 Å². The first-order valence-corrected chi connectivity index (χ1v) is 4.90. The van der Waals surface area contributed by atoms with Gasteiger partial charge in [0.2, 0.25) is 0 Å². The zero-order valence-electron chi connectivity index (χ0n) is 7.79. The summed E-state index contributed by atoms with van der Waals surface area (Å²) in [5, 5.41) is 0. The highest BCUT2D eigenvalue weighted by atomic mass is 16.5. The van der Waals surface area contributed by atoms with Gasteiger partial charge in [-0.1, -0.05) is 6.92 Å². The zero-order valence-corrected chi connectivity index (χ0v) is 7.79. The first-order chi connectivity index (χ1) is 5.84. The van der Waals surface area contributed by atoms with Gasteiger partial charge < -0.3 is 9.53 Å². The van der Waals surface area contributed by atoms with Gasteiger partial charge in [-0.2, -0.15) is 0 Å². The first kappa shape index (κ1) is 9.72. The van der Waals surface area contributed by atoms with E-state index in [4.69, 9.17) is 4.74 Å². The molecule has 0 aromatic rings. The maximum Gasteiger partial charge on any atom is 0.120 e. The lowest BCUT2D eigenvalue weighted by atomic mass is 9.94. The van der Waals surface area contributed by atoms with Gasteiger partial charge in [-0.05, 0) is 31.6 Å². The van der Waals surface area contributed by atoms with E-state index in [0.717, 1.165) is 19.3 Å². The third-order valence-corrected chi connectivity index (χ3v) is 2.59. The molecule has 0 N–H and O–H groups in total. The Labute approximate surface area is 74.3 Å². The Kier molecular flexibility index (Phi) is 4.30. The molecule has 1 saturated heterocycles. The summed E-state index contributed by atoms with van der Waals surface area (Å²) in [6.45, 7) is 3.09. The highest BCUT2D eigenvalue weighted by Gasteiger charge is 2.19. The predicted octanol–water partition coefficient (Wildman–Crippen LogP) is 2.17. The molecule has 2 nitrogen and oxygen atoms in total. The predicted molar refractivity (Wildman–Crippen MR) is 48.1 cm³/mol. The molecule has 2 unspecified atom stereocenters. The molecule has 0 aliphatic carbocycles. The van der Waals surface area contributed by atoms with E-state index in [9.17, 15) is 4.79 Å². The van der Waals surface area contributed by atoms with E-state index in [1.807, 2.05) is 0 Å². The van der Waals surface area contributed by atoms with Crippen LogP contribution in [-0.2, 0) is 9.53 Å². The molecule has 0 radical (unpaired) electrons. The molecule has 0 bridgehead atoms. The van der Waals surface area contributed by atoms with Crippen LogP contribution < -0.4 is 0 Å². The molecule has 1 rings (SSSR count). The molecule has 0 spiro atoms. The van der Waals surface area contributed by atoms with Crippen molar-refractivity contribution in [1.29, 1.82) is 0 Å². The number of ether oxygens (including phenoxy) is 1. The second-order valence-corrected chi connectivity index (χ2v) is 3.63. The lowest BCUT2D eigenvalue weighted by Gasteiger charge is -2.27. The van der Waals surface area contributed by atoms with Crippen LogP contribution in [0.2, 0.25) is 0 Å². The van der Waals surface area contributed by atoms with Crippen molar-refractivity contribution < 1.29 is 9.53 Å². The quantitative estimate of drug-likeness (QED) is 0.604. The van der Waals surface area contributed by atoms with Gasteiger partial charge in [0, 0.05) is 13.0 Å². The minimum absolute atomic E-state index is 0.415. The average Bonchev–Trinajstić information content (AvgIpc) is 2.15. The summed E-state index contributed by atoms with van der Waals surface area (Å²) in [5.74, 6) is 0.551. The molecule has 0 aromatic heterocycles. The summed E-state index contributed by atoms with van der Waals surface area (Å²) in [6, 6.07) is 0. The van der Waals surface area contributed by atoms with Crippen LogP contribution in [0, 0.1) is 5.92 Å². The van der Waals surface area contributed by atoms with Crippen LogP contribution in [0.25, 0.3) is 0 Å². The summed E-state index contributed by atoms with van der Waals surface area (Å²) in [7, 11) is 0. The number of aldehydes is 1. The fourth-order valence-electron chi connectivity index (χ4n) is 1.73. The van der Waals surface area contributed by atoms with Crippen LogP contribution in [0.4, 0.5) is 0 Å². The molecular formula is C10H18O2. The maximum atomic E-state index is 10.2. The van der Waals surface area contributed by atoms with Gasteiger partial charge in [-0.3, -0.25) is 0 Å². The Morgan fingerprint density at radius 1 is 1.58 bits per heavy atom. The van der Waals surface area contributed by atoms with Crippen LogP contribution in [0.15, 0.2) is 0 Å². The molecule has 1 fully saturated rings. The third kappa shape index (κ3) is 2.94. The van der Waals surface area contributed by atoms with Crippen LogP contribution in [0.1, 0.15) is 39.0 Å². The summed E-state index contributed by atoms with van der Waals surface area (Å²) in [4.78, 5) is 10.2. The Balaban J connectivity index is 2.19. The molecule has 0 aromatic carbocycles. The van der Waals surface area contributed by atoms with E-state index in [0.29, 0.717) is 18.4 Å². The summed E-state index contributed by atoms with van der Waals surface area (Å²) >= 11 is 0. The fraction of sp³-hybridized carbons (Fsp3) is 0.900. The molecule has 1 aliphatic rings. The monoisotopic (exact) mass is 170 g/mol. The van der Waals surface area contributed by atoms with Gasteiger partial charge in [0.05, 0.1) is 6.10 Å². The number of hydrogen-bond donors (Lipinski definition) is 0. The first-order valence-electron chi connectivity index (χ1n) is 4.90. The Morgan fingerprint density at radius 3 is 3.00 bits per heavy atom. The van der Waals surface area contributed by atoms with Gasteiger partial charge in [0.25, 0.3) is 0 Å². The van der Waals surface area contributed by atoms with Crippen LogP contribution in [0.3, 0.4) is 0 Å². The molecule has 0 amide bonds. The normalized spacial score (nSPS) is 26.6. The molecule has 0 saturated carbocycles. The fourth-order valence-corrected chi connectivity index (χ4v) is 1.73. The van der Waals surface area contributed by atoms with Crippen molar-refractivity contribution in [2.75, 3.05) is 6.61 Å². The number of hydrogen-bond acceptors (Lipinski definition) is 2. The van der Waals surface area contributed by atoms with Crippen molar-refractivity contribution in [3.8, 4) is 0 Å². The minimum atomic E-state index is 0.415. The molecule has 1 aliphatic heterocycles. The SMILES string of the molecule is CC(CCC=O)C1CCCCO1. The van der Waals surface area contributed by atoms with Crippen LogP contribution in [-0.4, -0.2) is 19.0 Å². The van der Waals surface area contributed by atoms with E-state index in [1.165, 1.54) is 19.3 Å². The summed E-state index contributed by atoms with van der Waals surface area (Å²) in [5.41, 5.74) is 0. The van der Waals surface area contributed by atoms with Gasteiger partial charge >= 0.3 is 0 Å². The maximum absolute atomic E-state index is 10.2. The van der Waals surface area contributed by atoms with Gasteiger partial charge in [0.1, 0.15) is 6.29 Å². The molecule has 2 heteroatoms. The van der Waals surface area contributed by atoms with Crippen LogP contribution in [0.5, 0.6) is 0 Å². The Morgan fingerprint density at radius 2 is 2.42 bits per heavy atom. The molecule has 12 heavy (non-hydrogen) atoms. The lowest BCUT2D eigenvalue weighted by Crippen LogP contribution is -2.26. The number of carbonyl (C=O) groups excluding carboxylic acids is 1. The minimum Gasteiger partial charge on any atom is -0.378 e. The van der Waals surface area contributed by atoms with Crippen molar-refractivity contribution >= 4 is 6.29 Å². The highest BCUT2D eigenvalue weighted by Crippen LogP contribution is 2.22. The average molecular weight is 170 g/mol. The van der Waals surface area contributed by atoms with Gasteiger partial charge in [0.15, 0.2) is 0 Å². The number of carbonyl (C=O) groups is 1. The highest BCUT2D eigenvalue weighted by molar-refractivity contribution is 5.49. The van der Waals surface area contributed by atoms with Crippen LogP contribution >= 0.6 is 0 Å². The third-order valence-electron chi connectivity index (χ3n) is 2.59. The zero-order chi connectivity index (χ0) is 8.81. The van der Waals surface area contributed by atoms with Crippen molar-refractivity contribution in [3.63, 3.8) is 0 Å². The summed E-state index contributed by atoms with van der Waals surface area (Å²) < 4.78 is 5.62. The van der Waals surface area contributed by atoms with E-state index < -0.39 is 0 Å².